The maximum absolute atomic E-state index is 12.0. The summed E-state index contributed by atoms with van der Waals surface area (Å²) in [6, 6.07) is 7.71. The van der Waals surface area contributed by atoms with Crippen molar-refractivity contribution in [1.82, 2.24) is 15.1 Å². The van der Waals surface area contributed by atoms with Gasteiger partial charge in [-0.15, -0.1) is 0 Å². The number of alkyl carbamates (subject to hydrolysis) is 1. The molecule has 1 fully saturated rings. The third kappa shape index (κ3) is 4.94. The summed E-state index contributed by atoms with van der Waals surface area (Å²) in [5.74, 6) is 0.527. The molecule has 0 unspecified atom stereocenters. The molecule has 0 aromatic heterocycles. The van der Waals surface area contributed by atoms with Crippen LogP contribution in [0.15, 0.2) is 24.3 Å². The maximum Gasteiger partial charge on any atom is 0.413 e. The molecule has 2 rings (SSSR count). The third-order valence-corrected chi connectivity index (χ3v) is 4.31. The van der Waals surface area contributed by atoms with Gasteiger partial charge < -0.3 is 9.47 Å². The van der Waals surface area contributed by atoms with Gasteiger partial charge in [-0.25, -0.2) is 4.79 Å². The molecule has 1 saturated heterocycles. The highest BCUT2D eigenvalue weighted by molar-refractivity contribution is 5.94. The first-order valence-electron chi connectivity index (χ1n) is 8.01. The molecular weight excluding hydrogens is 310 g/mol. The fraction of sp³-hybridized carbons (Fsp3) is 0.529. The van der Waals surface area contributed by atoms with E-state index < -0.39 is 6.09 Å². The molecule has 0 spiro atoms. The number of hydrogen-bond donors (Lipinski definition) is 1. The number of nitrogens with one attached hydrogen (secondary N) is 1. The first-order valence-corrected chi connectivity index (χ1v) is 8.01. The molecule has 1 atom stereocenters. The summed E-state index contributed by atoms with van der Waals surface area (Å²) in [5.41, 5.74) is 1.24. The van der Waals surface area contributed by atoms with Gasteiger partial charge in [0.05, 0.1) is 20.3 Å². The summed E-state index contributed by atoms with van der Waals surface area (Å²) in [6.07, 6.45) is -0.718. The van der Waals surface area contributed by atoms with Crippen LogP contribution in [-0.4, -0.2) is 68.2 Å². The standard InChI is InChI=1S/C17H25N3O4/c1-13(16(21)18-17(22)24-3)20-10-8-19(9-11-20)12-14-4-6-15(23-2)7-5-14/h4-7,13H,8-12H2,1-3H3,(H,18,21,22)/t13-/m1/s1. The molecule has 0 aliphatic carbocycles. The van der Waals surface area contributed by atoms with Crippen LogP contribution in [0.25, 0.3) is 0 Å². The molecule has 1 N–H and O–H groups in total. The third-order valence-electron chi connectivity index (χ3n) is 4.31. The Morgan fingerprint density at radius 2 is 1.75 bits per heavy atom. The zero-order valence-electron chi connectivity index (χ0n) is 14.4. The van der Waals surface area contributed by atoms with Crippen LogP contribution in [0.5, 0.6) is 5.75 Å². The molecule has 1 aliphatic rings. The van der Waals surface area contributed by atoms with E-state index in [9.17, 15) is 9.59 Å². The largest absolute Gasteiger partial charge is 0.497 e. The van der Waals surface area contributed by atoms with Crippen molar-refractivity contribution in [3.05, 3.63) is 29.8 Å². The Hall–Kier alpha value is -2.12. The number of methoxy groups -OCH3 is 2. The minimum absolute atomic E-state index is 0.328. The number of imide groups is 1. The van der Waals surface area contributed by atoms with E-state index in [0.717, 1.165) is 38.5 Å². The van der Waals surface area contributed by atoms with Gasteiger partial charge in [0.15, 0.2) is 0 Å². The topological polar surface area (TPSA) is 71.1 Å². The minimum atomic E-state index is -0.718. The predicted molar refractivity (Wildman–Crippen MR) is 89.9 cm³/mol. The zero-order valence-corrected chi connectivity index (χ0v) is 14.4. The second-order valence-corrected chi connectivity index (χ2v) is 5.82. The van der Waals surface area contributed by atoms with Gasteiger partial charge in [0.25, 0.3) is 0 Å². The van der Waals surface area contributed by atoms with E-state index in [-0.39, 0.29) is 11.9 Å². The molecule has 1 aromatic carbocycles. The Morgan fingerprint density at radius 3 is 2.29 bits per heavy atom. The Labute approximate surface area is 142 Å². The quantitative estimate of drug-likeness (QED) is 0.868. The van der Waals surface area contributed by atoms with Crippen LogP contribution in [-0.2, 0) is 16.1 Å². The molecular formula is C17H25N3O4. The maximum atomic E-state index is 12.0. The number of carbonyl (C=O) groups is 2. The van der Waals surface area contributed by atoms with Gasteiger partial charge in [-0.3, -0.25) is 19.9 Å². The first-order chi connectivity index (χ1) is 11.5. The number of ether oxygens (including phenoxy) is 2. The van der Waals surface area contributed by atoms with Crippen molar-refractivity contribution in [2.45, 2.75) is 19.5 Å². The van der Waals surface area contributed by atoms with Crippen LogP contribution in [0.4, 0.5) is 4.79 Å². The molecule has 132 valence electrons. The number of amides is 2. The van der Waals surface area contributed by atoms with Gasteiger partial charge in [-0.05, 0) is 24.6 Å². The number of hydrogen-bond acceptors (Lipinski definition) is 6. The van der Waals surface area contributed by atoms with E-state index in [4.69, 9.17) is 4.74 Å². The zero-order chi connectivity index (χ0) is 17.5. The number of carbonyl (C=O) groups excluding carboxylic acids is 2. The van der Waals surface area contributed by atoms with Crippen LogP contribution >= 0.6 is 0 Å². The molecule has 0 bridgehead atoms. The van der Waals surface area contributed by atoms with Gasteiger partial charge >= 0.3 is 6.09 Å². The van der Waals surface area contributed by atoms with E-state index in [2.05, 4.69) is 32.0 Å². The van der Waals surface area contributed by atoms with Crippen LogP contribution < -0.4 is 10.1 Å². The lowest BCUT2D eigenvalue weighted by Crippen LogP contribution is -2.54. The first kappa shape index (κ1) is 18.2. The van der Waals surface area contributed by atoms with E-state index in [0.29, 0.717) is 0 Å². The fourth-order valence-corrected chi connectivity index (χ4v) is 2.72. The molecule has 1 aliphatic heterocycles. The van der Waals surface area contributed by atoms with Crippen molar-refractivity contribution in [3.8, 4) is 5.75 Å². The molecule has 0 saturated carbocycles. The lowest BCUT2D eigenvalue weighted by Gasteiger charge is -2.37. The lowest BCUT2D eigenvalue weighted by atomic mass is 10.1. The molecule has 0 radical (unpaired) electrons. The highest BCUT2D eigenvalue weighted by atomic mass is 16.5. The summed E-state index contributed by atoms with van der Waals surface area (Å²) in [7, 11) is 2.90. The van der Waals surface area contributed by atoms with Gasteiger partial charge in [-0.2, -0.15) is 0 Å². The number of benzene rings is 1. The van der Waals surface area contributed by atoms with E-state index >= 15 is 0 Å². The number of rotatable bonds is 5. The van der Waals surface area contributed by atoms with Crippen LogP contribution in [0.1, 0.15) is 12.5 Å². The summed E-state index contributed by atoms with van der Waals surface area (Å²) >= 11 is 0. The summed E-state index contributed by atoms with van der Waals surface area (Å²) in [5, 5.41) is 2.22. The second kappa shape index (κ2) is 8.65. The van der Waals surface area contributed by atoms with E-state index in [1.165, 1.54) is 12.7 Å². The molecule has 7 nitrogen and oxygen atoms in total. The number of piperazine rings is 1. The average molecular weight is 335 g/mol. The predicted octanol–water partition coefficient (Wildman–Crippen LogP) is 1.08. The molecule has 24 heavy (non-hydrogen) atoms. The van der Waals surface area contributed by atoms with Gasteiger partial charge in [0.1, 0.15) is 5.75 Å². The highest BCUT2D eigenvalue weighted by Gasteiger charge is 2.26. The molecule has 7 heteroatoms. The minimum Gasteiger partial charge on any atom is -0.497 e. The summed E-state index contributed by atoms with van der Waals surface area (Å²) < 4.78 is 9.62. The van der Waals surface area contributed by atoms with Gasteiger partial charge in [0.2, 0.25) is 5.91 Å². The smallest absolute Gasteiger partial charge is 0.413 e. The monoisotopic (exact) mass is 335 g/mol. The highest BCUT2D eigenvalue weighted by Crippen LogP contribution is 2.14. The number of nitrogens with zero attached hydrogens (tertiary/aromatic N) is 2. The van der Waals surface area contributed by atoms with E-state index in [1.807, 2.05) is 12.1 Å². The van der Waals surface area contributed by atoms with E-state index in [1.54, 1.807) is 14.0 Å². The van der Waals surface area contributed by atoms with Crippen molar-refractivity contribution in [2.75, 3.05) is 40.4 Å². The molecule has 1 heterocycles. The van der Waals surface area contributed by atoms with Crippen molar-refractivity contribution in [3.63, 3.8) is 0 Å². The van der Waals surface area contributed by atoms with Crippen molar-refractivity contribution >= 4 is 12.0 Å². The summed E-state index contributed by atoms with van der Waals surface area (Å²) in [4.78, 5) is 27.5. The second-order valence-electron chi connectivity index (χ2n) is 5.82. The Bertz CT molecular complexity index is 553. The normalized spacial score (nSPS) is 17.1. The Balaban J connectivity index is 1.79. The SMILES string of the molecule is COC(=O)NC(=O)[C@@H](C)N1CCN(Cc2ccc(OC)cc2)CC1. The fourth-order valence-electron chi connectivity index (χ4n) is 2.72. The molecule has 2 amide bonds. The van der Waals surface area contributed by atoms with Crippen molar-refractivity contribution in [1.29, 1.82) is 0 Å². The van der Waals surface area contributed by atoms with Crippen molar-refractivity contribution in [2.24, 2.45) is 0 Å². The molecule has 1 aromatic rings. The van der Waals surface area contributed by atoms with Crippen LogP contribution in [0, 0.1) is 0 Å². The van der Waals surface area contributed by atoms with Crippen LogP contribution in [0.3, 0.4) is 0 Å². The Morgan fingerprint density at radius 1 is 1.12 bits per heavy atom. The van der Waals surface area contributed by atoms with Crippen molar-refractivity contribution < 1.29 is 19.1 Å². The Kier molecular flexibility index (Phi) is 6.57. The van der Waals surface area contributed by atoms with Gasteiger partial charge in [0, 0.05) is 32.7 Å². The van der Waals surface area contributed by atoms with Gasteiger partial charge in [-0.1, -0.05) is 12.1 Å². The lowest BCUT2D eigenvalue weighted by molar-refractivity contribution is -0.125. The van der Waals surface area contributed by atoms with Crippen LogP contribution in [0.2, 0.25) is 0 Å². The summed E-state index contributed by atoms with van der Waals surface area (Å²) in [6.45, 7) is 6.00. The average Bonchev–Trinajstić information content (AvgIpc) is 2.62.